The van der Waals surface area contributed by atoms with Crippen LogP contribution < -0.4 is 0 Å². The number of benzene rings is 1. The average molecular weight is 433 g/mol. The first-order valence-corrected chi connectivity index (χ1v) is 9.40. The summed E-state index contributed by atoms with van der Waals surface area (Å²) >= 11 is 0. The van der Waals surface area contributed by atoms with Gasteiger partial charge < -0.3 is 14.9 Å². The Balaban J connectivity index is 1.87. The van der Waals surface area contributed by atoms with Gasteiger partial charge in [-0.15, -0.1) is 0 Å². The van der Waals surface area contributed by atoms with E-state index >= 15 is 0 Å². The summed E-state index contributed by atoms with van der Waals surface area (Å²) in [5.41, 5.74) is -0.351. The van der Waals surface area contributed by atoms with Crippen LogP contribution in [0.25, 0.3) is 0 Å². The van der Waals surface area contributed by atoms with Gasteiger partial charge >= 0.3 is 23.9 Å². The van der Waals surface area contributed by atoms with Crippen molar-refractivity contribution in [3.05, 3.63) is 48.0 Å². The van der Waals surface area contributed by atoms with Crippen molar-refractivity contribution >= 4 is 12.1 Å². The second kappa shape index (κ2) is 9.92. The molecule has 10 heteroatoms. The number of carboxylic acid groups (broad SMARTS) is 1. The summed E-state index contributed by atoms with van der Waals surface area (Å²) in [6.45, 7) is 0.0354. The molecule has 1 heterocycles. The summed E-state index contributed by atoms with van der Waals surface area (Å²) in [5, 5.41) is 18.3. The fraction of sp³-hybridized carbons (Fsp3) is 0.500. The minimum absolute atomic E-state index is 0.0509. The number of amides is 1. The summed E-state index contributed by atoms with van der Waals surface area (Å²) in [6.07, 6.45) is -0.942. The molecule has 1 aliphatic rings. The summed E-state index contributed by atoms with van der Waals surface area (Å²) < 4.78 is 59.6. The number of alkyl halides is 4. The zero-order valence-corrected chi connectivity index (χ0v) is 16.0. The SMILES string of the molecule is O=C1OCC(/C=C/C(O)C(F)(F)c2ccccc2)N1CCCCCC(F)(F)C(=O)O. The Kier molecular flexibility index (Phi) is 7.83. The Bertz CT molecular complexity index is 757. The van der Waals surface area contributed by atoms with E-state index in [9.17, 15) is 32.3 Å². The highest BCUT2D eigenvalue weighted by Gasteiger charge is 2.40. The van der Waals surface area contributed by atoms with Crippen molar-refractivity contribution in [2.75, 3.05) is 13.2 Å². The third-order valence-corrected chi connectivity index (χ3v) is 4.76. The van der Waals surface area contributed by atoms with Crippen molar-refractivity contribution in [3.63, 3.8) is 0 Å². The number of ether oxygens (including phenoxy) is 1. The van der Waals surface area contributed by atoms with Gasteiger partial charge in [-0.05, 0) is 12.8 Å². The predicted molar refractivity (Wildman–Crippen MR) is 98.4 cm³/mol. The van der Waals surface area contributed by atoms with Gasteiger partial charge in [-0.1, -0.05) is 48.9 Å². The molecule has 6 nitrogen and oxygen atoms in total. The van der Waals surface area contributed by atoms with Crippen molar-refractivity contribution < 1.29 is 42.1 Å². The Hall–Kier alpha value is -2.62. The van der Waals surface area contributed by atoms with Crippen molar-refractivity contribution in [2.45, 2.75) is 49.7 Å². The van der Waals surface area contributed by atoms with Crippen LogP contribution in [0, 0.1) is 0 Å². The van der Waals surface area contributed by atoms with E-state index in [4.69, 9.17) is 9.84 Å². The molecule has 30 heavy (non-hydrogen) atoms. The summed E-state index contributed by atoms with van der Waals surface area (Å²) in [6, 6.07) is 6.14. The van der Waals surface area contributed by atoms with Crippen LogP contribution >= 0.6 is 0 Å². The smallest absolute Gasteiger partial charge is 0.410 e. The van der Waals surface area contributed by atoms with Gasteiger partial charge in [0.05, 0.1) is 6.04 Å². The van der Waals surface area contributed by atoms with E-state index in [1.165, 1.54) is 35.2 Å². The quantitative estimate of drug-likeness (QED) is 0.315. The molecule has 0 saturated carbocycles. The zero-order valence-electron chi connectivity index (χ0n) is 16.0. The molecule has 0 radical (unpaired) electrons. The Labute approximate surface area is 170 Å². The molecule has 0 spiro atoms. The molecular formula is C20H23F4NO5. The zero-order chi connectivity index (χ0) is 22.4. The molecule has 1 saturated heterocycles. The van der Waals surface area contributed by atoms with Gasteiger partial charge in [0, 0.05) is 18.5 Å². The van der Waals surface area contributed by atoms with Crippen molar-refractivity contribution in [1.29, 1.82) is 0 Å². The number of aliphatic hydroxyl groups is 1. The minimum Gasteiger partial charge on any atom is -0.477 e. The first-order valence-electron chi connectivity index (χ1n) is 9.40. The predicted octanol–water partition coefficient (Wildman–Crippen LogP) is 3.80. The van der Waals surface area contributed by atoms with E-state index in [1.54, 1.807) is 6.07 Å². The van der Waals surface area contributed by atoms with E-state index in [-0.39, 0.29) is 31.6 Å². The van der Waals surface area contributed by atoms with Gasteiger partial charge in [0.25, 0.3) is 0 Å². The van der Waals surface area contributed by atoms with Crippen LogP contribution in [0.2, 0.25) is 0 Å². The van der Waals surface area contributed by atoms with Gasteiger partial charge in [-0.2, -0.15) is 17.6 Å². The Morgan fingerprint density at radius 1 is 1.20 bits per heavy atom. The first-order chi connectivity index (χ1) is 14.1. The molecular weight excluding hydrogens is 410 g/mol. The van der Waals surface area contributed by atoms with Crippen molar-refractivity contribution in [1.82, 2.24) is 4.90 Å². The summed E-state index contributed by atoms with van der Waals surface area (Å²) in [4.78, 5) is 23.4. The number of aliphatic carboxylic acids is 1. The first kappa shape index (κ1) is 23.7. The number of halogens is 4. The molecule has 2 unspecified atom stereocenters. The lowest BCUT2D eigenvalue weighted by molar-refractivity contribution is -0.165. The van der Waals surface area contributed by atoms with Crippen molar-refractivity contribution in [3.8, 4) is 0 Å². The van der Waals surface area contributed by atoms with Crippen LogP contribution in [-0.2, 0) is 15.5 Å². The normalized spacial score (nSPS) is 18.6. The van der Waals surface area contributed by atoms with Gasteiger partial charge in [0.1, 0.15) is 12.7 Å². The third-order valence-electron chi connectivity index (χ3n) is 4.76. The standard InChI is InChI=1S/C20H23F4NO5/c21-19(22,17(27)28)11-5-2-6-12-25-15(13-30-18(25)29)9-10-16(26)20(23,24)14-7-3-1-4-8-14/h1,3-4,7-10,15-16,26H,2,5-6,11-13H2,(H,27,28)/b10-9+. The number of nitrogens with zero attached hydrogens (tertiary/aromatic N) is 1. The molecule has 1 amide bonds. The number of hydrogen-bond donors (Lipinski definition) is 2. The van der Waals surface area contributed by atoms with E-state index in [0.717, 1.165) is 6.08 Å². The molecule has 166 valence electrons. The second-order valence-corrected chi connectivity index (χ2v) is 6.98. The maximum Gasteiger partial charge on any atom is 0.410 e. The number of unbranched alkanes of at least 4 members (excludes halogenated alkanes) is 2. The lowest BCUT2D eigenvalue weighted by Gasteiger charge is -2.22. The molecule has 1 fully saturated rings. The number of carboxylic acids is 1. The minimum atomic E-state index is -3.79. The number of cyclic esters (lactones) is 1. The highest BCUT2D eigenvalue weighted by Crippen LogP contribution is 2.32. The molecule has 1 aromatic carbocycles. The summed E-state index contributed by atoms with van der Waals surface area (Å²) in [5.74, 6) is -9.50. The van der Waals surface area contributed by atoms with E-state index in [2.05, 4.69) is 0 Å². The molecule has 0 bridgehead atoms. The third kappa shape index (κ3) is 5.94. The van der Waals surface area contributed by atoms with Crippen LogP contribution in [0.15, 0.2) is 42.5 Å². The fourth-order valence-corrected chi connectivity index (χ4v) is 2.98. The summed E-state index contributed by atoms with van der Waals surface area (Å²) in [7, 11) is 0. The maximum absolute atomic E-state index is 14.3. The molecule has 1 aromatic rings. The largest absolute Gasteiger partial charge is 0.477 e. The molecule has 2 N–H and O–H groups in total. The molecule has 1 aliphatic heterocycles. The lowest BCUT2D eigenvalue weighted by Crippen LogP contribution is -2.34. The van der Waals surface area contributed by atoms with Crippen molar-refractivity contribution in [2.24, 2.45) is 0 Å². The van der Waals surface area contributed by atoms with Gasteiger partial charge in [-0.25, -0.2) is 9.59 Å². The van der Waals surface area contributed by atoms with Crippen LogP contribution in [0.3, 0.4) is 0 Å². The molecule has 0 aliphatic carbocycles. The number of rotatable bonds is 11. The Morgan fingerprint density at radius 2 is 1.87 bits per heavy atom. The van der Waals surface area contributed by atoms with Crippen LogP contribution in [0.5, 0.6) is 0 Å². The molecule has 0 aromatic heterocycles. The highest BCUT2D eigenvalue weighted by atomic mass is 19.3. The van der Waals surface area contributed by atoms with Gasteiger partial charge in [0.15, 0.2) is 0 Å². The number of aliphatic hydroxyl groups excluding tert-OH is 1. The van der Waals surface area contributed by atoms with E-state index in [1.807, 2.05) is 0 Å². The number of carbonyl (C=O) groups excluding carboxylic acids is 1. The van der Waals surface area contributed by atoms with Gasteiger partial charge in [0.2, 0.25) is 0 Å². The molecule has 2 atom stereocenters. The highest BCUT2D eigenvalue weighted by molar-refractivity contribution is 5.75. The average Bonchev–Trinajstić information content (AvgIpc) is 3.05. The van der Waals surface area contributed by atoms with E-state index < -0.39 is 42.5 Å². The van der Waals surface area contributed by atoms with Crippen LogP contribution in [0.1, 0.15) is 31.2 Å². The van der Waals surface area contributed by atoms with Crippen LogP contribution in [0.4, 0.5) is 22.4 Å². The monoisotopic (exact) mass is 433 g/mol. The maximum atomic E-state index is 14.3. The Morgan fingerprint density at radius 3 is 2.50 bits per heavy atom. The van der Waals surface area contributed by atoms with E-state index in [0.29, 0.717) is 6.42 Å². The fourth-order valence-electron chi connectivity index (χ4n) is 2.98. The van der Waals surface area contributed by atoms with Crippen LogP contribution in [-0.4, -0.2) is 58.4 Å². The topological polar surface area (TPSA) is 87.1 Å². The molecule has 2 rings (SSSR count). The number of carbonyl (C=O) groups is 2. The second-order valence-electron chi connectivity index (χ2n) is 6.98. The van der Waals surface area contributed by atoms with Gasteiger partial charge in [-0.3, -0.25) is 4.90 Å². The lowest BCUT2D eigenvalue weighted by atomic mass is 10.0. The number of hydrogen-bond acceptors (Lipinski definition) is 4.